The van der Waals surface area contributed by atoms with Crippen LogP contribution in [0.15, 0.2) is 24.3 Å². The van der Waals surface area contributed by atoms with Crippen molar-refractivity contribution in [2.24, 2.45) is 0 Å². The van der Waals surface area contributed by atoms with Crippen LogP contribution in [0.1, 0.15) is 37.3 Å². The van der Waals surface area contributed by atoms with Crippen molar-refractivity contribution in [3.8, 4) is 0 Å². The van der Waals surface area contributed by atoms with E-state index in [1.54, 1.807) is 0 Å². The zero-order valence-corrected chi connectivity index (χ0v) is 12.4. The first-order valence-electron chi connectivity index (χ1n) is 6.34. The van der Waals surface area contributed by atoms with E-state index in [-0.39, 0.29) is 0 Å². The van der Waals surface area contributed by atoms with Crippen molar-refractivity contribution in [2.75, 3.05) is 13.7 Å². The summed E-state index contributed by atoms with van der Waals surface area (Å²) < 4.78 is 6.97. The van der Waals surface area contributed by atoms with Gasteiger partial charge in [0.15, 0.2) is 0 Å². The number of benzene rings is 1. The lowest BCUT2D eigenvalue weighted by molar-refractivity contribution is 0.0998. The number of nitrogens with one attached hydrogen (secondary N) is 1. The minimum absolute atomic E-state index is 0.455. The summed E-state index contributed by atoms with van der Waals surface area (Å²) in [6.07, 6.45) is 5.29. The minimum atomic E-state index is 0.455. The van der Waals surface area contributed by atoms with Crippen LogP contribution in [-0.4, -0.2) is 19.8 Å². The quantitative estimate of drug-likeness (QED) is 0.825. The van der Waals surface area contributed by atoms with Crippen LogP contribution in [0.5, 0.6) is 0 Å². The summed E-state index contributed by atoms with van der Waals surface area (Å²) in [7, 11) is 2.04. The highest BCUT2D eigenvalue weighted by Crippen LogP contribution is 2.24. The zero-order chi connectivity index (χ0) is 12.1. The van der Waals surface area contributed by atoms with Crippen molar-refractivity contribution in [1.82, 2.24) is 5.32 Å². The molecule has 0 aromatic heterocycles. The molecule has 2 unspecified atom stereocenters. The fourth-order valence-electron chi connectivity index (χ4n) is 2.40. The summed E-state index contributed by atoms with van der Waals surface area (Å²) >= 11 is 2.34. The molecule has 2 atom stereocenters. The Morgan fingerprint density at radius 3 is 2.76 bits per heavy atom. The topological polar surface area (TPSA) is 21.3 Å². The van der Waals surface area contributed by atoms with E-state index >= 15 is 0 Å². The number of halogens is 1. The third-order valence-corrected chi connectivity index (χ3v) is 4.14. The van der Waals surface area contributed by atoms with Gasteiger partial charge in [0, 0.05) is 16.2 Å². The number of ether oxygens (including phenoxy) is 1. The molecule has 0 spiro atoms. The van der Waals surface area contributed by atoms with Crippen LogP contribution in [-0.2, 0) is 4.74 Å². The average molecular weight is 345 g/mol. The van der Waals surface area contributed by atoms with Crippen molar-refractivity contribution in [1.29, 1.82) is 0 Å². The maximum absolute atomic E-state index is 5.67. The van der Waals surface area contributed by atoms with E-state index in [1.807, 2.05) is 7.05 Å². The van der Waals surface area contributed by atoms with Crippen LogP contribution in [0.4, 0.5) is 0 Å². The Hall–Kier alpha value is -0.130. The lowest BCUT2D eigenvalue weighted by atomic mass is 9.99. The van der Waals surface area contributed by atoms with Crippen LogP contribution < -0.4 is 5.32 Å². The lowest BCUT2D eigenvalue weighted by Gasteiger charge is -2.18. The predicted molar refractivity (Wildman–Crippen MR) is 79.2 cm³/mol. The molecule has 1 fully saturated rings. The van der Waals surface area contributed by atoms with Gasteiger partial charge in [-0.15, -0.1) is 0 Å². The van der Waals surface area contributed by atoms with Gasteiger partial charge in [-0.3, -0.25) is 0 Å². The first kappa shape index (κ1) is 13.3. The zero-order valence-electron chi connectivity index (χ0n) is 10.3. The van der Waals surface area contributed by atoms with Crippen LogP contribution in [0.3, 0.4) is 0 Å². The molecule has 0 radical (unpaired) electrons. The molecular weight excluding hydrogens is 325 g/mol. The molecule has 1 saturated heterocycles. The van der Waals surface area contributed by atoms with E-state index in [0.29, 0.717) is 12.1 Å². The second-order valence-electron chi connectivity index (χ2n) is 4.61. The van der Waals surface area contributed by atoms with Gasteiger partial charge in [-0.1, -0.05) is 12.1 Å². The predicted octanol–water partition coefficient (Wildman–Crippen LogP) is 3.51. The largest absolute Gasteiger partial charge is 0.378 e. The van der Waals surface area contributed by atoms with Gasteiger partial charge in [0.05, 0.1) is 6.10 Å². The average Bonchev–Trinajstić information content (AvgIpc) is 2.85. The lowest BCUT2D eigenvalue weighted by Crippen LogP contribution is -2.18. The molecule has 1 aliphatic rings. The summed E-state index contributed by atoms with van der Waals surface area (Å²) in [4.78, 5) is 0. The smallest absolute Gasteiger partial charge is 0.0576 e. The second-order valence-corrected chi connectivity index (χ2v) is 5.85. The van der Waals surface area contributed by atoms with Crippen molar-refractivity contribution < 1.29 is 4.74 Å². The van der Waals surface area contributed by atoms with E-state index in [0.717, 1.165) is 19.4 Å². The van der Waals surface area contributed by atoms with E-state index in [2.05, 4.69) is 52.2 Å². The Morgan fingerprint density at radius 1 is 1.41 bits per heavy atom. The molecule has 0 saturated carbocycles. The Bertz CT molecular complexity index is 333. The molecule has 1 heterocycles. The van der Waals surface area contributed by atoms with Gasteiger partial charge in [-0.25, -0.2) is 0 Å². The molecule has 1 aliphatic heterocycles. The fraction of sp³-hybridized carbons (Fsp3) is 0.571. The first-order valence-corrected chi connectivity index (χ1v) is 7.42. The van der Waals surface area contributed by atoms with Crippen molar-refractivity contribution >= 4 is 22.6 Å². The molecule has 0 amide bonds. The molecule has 2 nitrogen and oxygen atoms in total. The molecule has 3 heteroatoms. The minimum Gasteiger partial charge on any atom is -0.378 e. The van der Waals surface area contributed by atoms with Crippen molar-refractivity contribution in [3.05, 3.63) is 33.4 Å². The Labute approximate surface area is 117 Å². The molecule has 17 heavy (non-hydrogen) atoms. The van der Waals surface area contributed by atoms with Crippen LogP contribution in [0.2, 0.25) is 0 Å². The third-order valence-electron chi connectivity index (χ3n) is 3.42. The standard InChI is InChI=1S/C14H20INO/c1-16-14(9-8-13-3-2-10-17-13)11-4-6-12(15)7-5-11/h4-7,13-14,16H,2-3,8-10H2,1H3. The van der Waals surface area contributed by atoms with Gasteiger partial charge in [0.2, 0.25) is 0 Å². The maximum Gasteiger partial charge on any atom is 0.0576 e. The van der Waals surface area contributed by atoms with Gasteiger partial charge in [0.25, 0.3) is 0 Å². The molecule has 1 aromatic carbocycles. The molecule has 94 valence electrons. The van der Waals surface area contributed by atoms with Crippen molar-refractivity contribution in [2.45, 2.75) is 37.8 Å². The highest BCUT2D eigenvalue weighted by Gasteiger charge is 2.17. The molecule has 0 aliphatic carbocycles. The molecule has 1 aromatic rings. The number of rotatable bonds is 5. The molecule has 0 bridgehead atoms. The third kappa shape index (κ3) is 3.93. The number of hydrogen-bond donors (Lipinski definition) is 1. The monoisotopic (exact) mass is 345 g/mol. The van der Waals surface area contributed by atoms with Gasteiger partial charge in [-0.2, -0.15) is 0 Å². The highest BCUT2D eigenvalue weighted by atomic mass is 127. The summed E-state index contributed by atoms with van der Waals surface area (Å²) in [5, 5.41) is 3.40. The molecule has 1 N–H and O–H groups in total. The van der Waals surface area contributed by atoms with Gasteiger partial charge in [0.1, 0.15) is 0 Å². The normalized spacial score (nSPS) is 21.6. The highest BCUT2D eigenvalue weighted by molar-refractivity contribution is 14.1. The maximum atomic E-state index is 5.67. The van der Waals surface area contributed by atoms with E-state index in [1.165, 1.54) is 22.0 Å². The number of hydrogen-bond acceptors (Lipinski definition) is 2. The van der Waals surface area contributed by atoms with E-state index in [9.17, 15) is 0 Å². The summed E-state index contributed by atoms with van der Waals surface area (Å²) in [5.74, 6) is 0. The van der Waals surface area contributed by atoms with Gasteiger partial charge < -0.3 is 10.1 Å². The van der Waals surface area contributed by atoms with Gasteiger partial charge >= 0.3 is 0 Å². The van der Waals surface area contributed by atoms with Crippen LogP contribution >= 0.6 is 22.6 Å². The van der Waals surface area contributed by atoms with Gasteiger partial charge in [-0.05, 0) is 73.0 Å². The van der Waals surface area contributed by atoms with Crippen LogP contribution in [0, 0.1) is 3.57 Å². The first-order chi connectivity index (χ1) is 8.29. The van der Waals surface area contributed by atoms with Crippen molar-refractivity contribution in [3.63, 3.8) is 0 Å². The SMILES string of the molecule is CNC(CCC1CCCO1)c1ccc(I)cc1. The summed E-state index contributed by atoms with van der Waals surface area (Å²) in [6, 6.07) is 9.24. The van der Waals surface area contributed by atoms with E-state index < -0.39 is 0 Å². The Morgan fingerprint density at radius 2 is 2.18 bits per heavy atom. The second kappa shape index (κ2) is 6.71. The van der Waals surface area contributed by atoms with Crippen LogP contribution in [0.25, 0.3) is 0 Å². The summed E-state index contributed by atoms with van der Waals surface area (Å²) in [6.45, 7) is 0.957. The molecular formula is C14H20INO. The Balaban J connectivity index is 1.89. The van der Waals surface area contributed by atoms with E-state index in [4.69, 9.17) is 4.74 Å². The Kier molecular flexibility index (Phi) is 5.25. The summed E-state index contributed by atoms with van der Waals surface area (Å²) in [5.41, 5.74) is 1.38. The molecule has 2 rings (SSSR count). The fourth-order valence-corrected chi connectivity index (χ4v) is 2.76.